The minimum absolute atomic E-state index is 0. The average molecular weight is 1100 g/mol. The summed E-state index contributed by atoms with van der Waals surface area (Å²) in [5.74, 6) is 4.30. The van der Waals surface area contributed by atoms with Crippen molar-refractivity contribution < 1.29 is 41.2 Å². The summed E-state index contributed by atoms with van der Waals surface area (Å²) in [6, 6.07) is 33.7. The number of methoxy groups -OCH3 is 2. The number of piperidine rings is 6. The van der Waals surface area contributed by atoms with Gasteiger partial charge in [-0.1, -0.05) is 130 Å². The van der Waals surface area contributed by atoms with Crippen LogP contribution in [-0.4, -0.2) is 82.0 Å². The van der Waals surface area contributed by atoms with Crippen LogP contribution in [-0.2, 0) is 22.7 Å². The fourth-order valence-electron chi connectivity index (χ4n) is 12.5. The molecule has 0 radical (unpaired) electrons. The van der Waals surface area contributed by atoms with Gasteiger partial charge in [0.1, 0.15) is 30.2 Å². The molecule has 6 aliphatic rings. The Labute approximate surface area is 449 Å². The third-order valence-corrected chi connectivity index (χ3v) is 17.0. The summed E-state index contributed by atoms with van der Waals surface area (Å²) in [6.45, 7) is 26.5. The highest BCUT2D eigenvalue weighted by molar-refractivity contribution is 9.08. The van der Waals surface area contributed by atoms with Crippen LogP contribution >= 0.6 is 15.9 Å². The van der Waals surface area contributed by atoms with E-state index >= 15 is 0 Å². The van der Waals surface area contributed by atoms with Gasteiger partial charge in [0.25, 0.3) is 0 Å². The maximum atomic E-state index is 11.9. The maximum Gasteiger partial charge on any atom is 0.131 e. The molecule has 8 nitrogen and oxygen atoms in total. The molecule has 2 aromatic heterocycles. The summed E-state index contributed by atoms with van der Waals surface area (Å²) in [7, 11) is 3.49. The highest BCUT2D eigenvalue weighted by atomic mass is 79.9. The Bertz CT molecular complexity index is 2790. The quantitative estimate of drug-likeness (QED) is 0.0759. The number of fused-ring (bicyclic) bond motifs is 8. The smallest absolute Gasteiger partial charge is 0.131 e. The van der Waals surface area contributed by atoms with Crippen LogP contribution in [0.1, 0.15) is 113 Å². The van der Waals surface area contributed by atoms with Crippen LogP contribution in [0.2, 0.25) is 0 Å². The lowest BCUT2D eigenvalue weighted by molar-refractivity contribution is -0.984. The second-order valence-corrected chi connectivity index (χ2v) is 23.3. The lowest BCUT2D eigenvalue weighted by atomic mass is 9.71. The van der Waals surface area contributed by atoms with Crippen molar-refractivity contribution in [3.05, 3.63) is 168 Å². The molecule has 0 aliphatic carbocycles. The van der Waals surface area contributed by atoms with Crippen LogP contribution in [0, 0.1) is 23.7 Å². The van der Waals surface area contributed by atoms with Gasteiger partial charge in [-0.3, -0.25) is 14.9 Å². The van der Waals surface area contributed by atoms with Gasteiger partial charge in [-0.2, -0.15) is 0 Å². The predicted octanol–water partition coefficient (Wildman–Crippen LogP) is 10.2. The number of quaternary nitrogens is 1. The number of alkyl halides is 1. The van der Waals surface area contributed by atoms with E-state index in [9.17, 15) is 10.2 Å². The molecule has 8 heterocycles. The van der Waals surface area contributed by atoms with Crippen molar-refractivity contribution in [3.8, 4) is 11.5 Å². The molecule has 72 heavy (non-hydrogen) atoms. The zero-order chi connectivity index (χ0) is 50.7. The molecule has 4 bridgehead atoms. The monoisotopic (exact) mass is 1100 g/mol. The molecule has 6 fully saturated rings. The number of aliphatic hydroxyl groups excluding tert-OH is 2. The van der Waals surface area contributed by atoms with Gasteiger partial charge in [-0.15, -0.1) is 13.2 Å². The minimum atomic E-state index is -0.535. The van der Waals surface area contributed by atoms with E-state index in [0.717, 1.165) is 99.8 Å². The number of para-hydroxylation sites is 2. The van der Waals surface area contributed by atoms with Gasteiger partial charge in [0.2, 0.25) is 0 Å². The first kappa shape index (κ1) is 55.3. The first-order chi connectivity index (χ1) is 34.0. The van der Waals surface area contributed by atoms with Crippen molar-refractivity contribution in [2.45, 2.75) is 114 Å². The normalized spacial score (nSPS) is 25.2. The highest BCUT2D eigenvalue weighted by Gasteiger charge is 2.54. The van der Waals surface area contributed by atoms with E-state index < -0.39 is 12.2 Å². The van der Waals surface area contributed by atoms with E-state index in [1.807, 2.05) is 60.9 Å². The number of aromatic nitrogens is 2. The first-order valence-electron chi connectivity index (χ1n) is 25.8. The van der Waals surface area contributed by atoms with Crippen molar-refractivity contribution >= 4 is 37.7 Å². The molecule has 0 saturated carbocycles. The van der Waals surface area contributed by atoms with Gasteiger partial charge >= 0.3 is 0 Å². The van der Waals surface area contributed by atoms with Crippen LogP contribution in [0.15, 0.2) is 135 Å². The molecule has 0 amide bonds. The third kappa shape index (κ3) is 11.7. The summed E-state index contributed by atoms with van der Waals surface area (Å²) in [5, 5.41) is 25.9. The van der Waals surface area contributed by atoms with Gasteiger partial charge in [0, 0.05) is 65.4 Å². The van der Waals surface area contributed by atoms with Crippen molar-refractivity contribution in [2.75, 3.05) is 40.4 Å². The van der Waals surface area contributed by atoms with E-state index in [1.54, 1.807) is 14.2 Å². The van der Waals surface area contributed by atoms with Crippen molar-refractivity contribution in [1.29, 1.82) is 0 Å². The van der Waals surface area contributed by atoms with Gasteiger partial charge in [0.15, 0.2) is 0 Å². The molecular weight excluding hydrogens is 1020 g/mol. The number of hydrogen-bond donors (Lipinski definition) is 2. The predicted molar refractivity (Wildman–Crippen MR) is 295 cm³/mol. The SMILES string of the molecule is C=C[C@H]1CN2CCC1C[C@H]2[C@H](O)c1ccnc2ccccc12.C=C[C@H]1C[N+]2(Cc3ccc(C(C)(C)C)c(OC)c3)CCC1C[C@H]2[C@H](O)c1ccnc2ccccc12.COc1cc(CBr)ccc1C(C)(C)C.[Br-]. The Morgan fingerprint density at radius 3 is 1.75 bits per heavy atom. The van der Waals surface area contributed by atoms with Crippen molar-refractivity contribution in [2.24, 2.45) is 23.7 Å². The second-order valence-electron chi connectivity index (χ2n) is 22.7. The van der Waals surface area contributed by atoms with Gasteiger partial charge in [-0.25, -0.2) is 0 Å². The topological polar surface area (TPSA) is 87.9 Å². The molecule has 6 aliphatic heterocycles. The molecule has 2 N–H and O–H groups in total. The van der Waals surface area contributed by atoms with Gasteiger partial charge < -0.3 is 41.2 Å². The highest BCUT2D eigenvalue weighted by Crippen LogP contribution is 2.49. The summed E-state index contributed by atoms with van der Waals surface area (Å²) >= 11 is 3.44. The summed E-state index contributed by atoms with van der Waals surface area (Å²) < 4.78 is 12.1. The van der Waals surface area contributed by atoms with E-state index in [0.29, 0.717) is 23.7 Å². The number of pyridine rings is 2. The summed E-state index contributed by atoms with van der Waals surface area (Å²) in [6.07, 6.45) is 11.4. The first-order valence-corrected chi connectivity index (χ1v) is 26.9. The molecule has 6 aromatic rings. The summed E-state index contributed by atoms with van der Waals surface area (Å²) in [5.41, 5.74) is 9.07. The Hall–Kier alpha value is -4.42. The molecule has 10 atom stereocenters. The average Bonchev–Trinajstić information content (AvgIpc) is 3.39. The van der Waals surface area contributed by atoms with E-state index in [1.165, 1.54) is 35.1 Å². The molecule has 4 aromatic carbocycles. The van der Waals surface area contributed by atoms with Crippen molar-refractivity contribution in [1.82, 2.24) is 14.9 Å². The van der Waals surface area contributed by atoms with Gasteiger partial charge in [0.05, 0.1) is 44.4 Å². The number of ether oxygens (including phenoxy) is 2. The van der Waals surface area contributed by atoms with E-state index in [-0.39, 0.29) is 39.9 Å². The Balaban J connectivity index is 0.000000175. The number of halogens is 2. The Kier molecular flexibility index (Phi) is 18.0. The molecule has 10 heteroatoms. The lowest BCUT2D eigenvalue weighted by Gasteiger charge is -2.58. The zero-order valence-corrected chi connectivity index (χ0v) is 47.1. The molecule has 4 unspecified atom stereocenters. The Morgan fingerprint density at radius 2 is 1.24 bits per heavy atom. The van der Waals surface area contributed by atoms with Crippen LogP contribution in [0.5, 0.6) is 11.5 Å². The number of hydrogen-bond acceptors (Lipinski definition) is 7. The van der Waals surface area contributed by atoms with E-state index in [2.05, 4.69) is 146 Å². The summed E-state index contributed by atoms with van der Waals surface area (Å²) in [4.78, 5) is 11.4. The molecule has 0 spiro atoms. The fraction of sp³-hybridized carbons (Fsp3) is 0.452. The minimum Gasteiger partial charge on any atom is -1.00 e. The lowest BCUT2D eigenvalue weighted by Crippen LogP contribution is -3.00. The molecule has 12 rings (SSSR count). The number of aliphatic hydroxyl groups is 2. The van der Waals surface area contributed by atoms with Gasteiger partial charge in [-0.05, 0) is 112 Å². The molecular formula is C62H78Br2N4O4. The zero-order valence-electron chi connectivity index (χ0n) is 43.9. The third-order valence-electron chi connectivity index (χ3n) is 16.4. The largest absolute Gasteiger partial charge is 1.00 e. The molecule has 384 valence electrons. The van der Waals surface area contributed by atoms with Crippen LogP contribution in [0.3, 0.4) is 0 Å². The standard InChI is InChI=1S/C31H39N2O2.C19H22N2O.C12H17BrO.BrH/c1-6-22-20-33(19-21-11-12-26(31(2,3)4)29(17-21)35-5)16-14-23(22)18-28(33)30(34)25-13-15-32-27-10-8-7-9-24(25)27;1-2-13-12-21-10-8-14(13)11-18(21)19(22)16-7-9-20-17-6-4-3-5-15(16)17;1-12(2,3)10-6-5-9(8-13)7-11(10)14-4;/h6-13,15,17,22-23,28,30,34H,1,14,16,18-20H2,2-5H3;2-7,9,13-14,18-19,22H,1,8,10-12H2;5-7H,8H2,1-4H3;1H/q+1;;;/p-1/t22-,23?,28-,30+,33?;13-,14?,18-,19+;;/m00../s1. The number of nitrogens with zero attached hydrogens (tertiary/aromatic N) is 4. The maximum absolute atomic E-state index is 11.9. The van der Waals surface area contributed by atoms with Crippen LogP contribution < -0.4 is 26.5 Å². The second kappa shape index (κ2) is 23.4. The number of benzene rings is 4. The fourth-order valence-corrected chi connectivity index (χ4v) is 12.9. The van der Waals surface area contributed by atoms with E-state index in [4.69, 9.17) is 9.47 Å². The van der Waals surface area contributed by atoms with Crippen molar-refractivity contribution in [3.63, 3.8) is 0 Å². The molecule has 6 saturated heterocycles. The Morgan fingerprint density at radius 1 is 0.708 bits per heavy atom. The van der Waals surface area contributed by atoms with Crippen LogP contribution in [0.25, 0.3) is 21.8 Å². The number of rotatable bonds is 11. The van der Waals surface area contributed by atoms with Crippen LogP contribution in [0.4, 0.5) is 0 Å².